The topological polar surface area (TPSA) is 50.4 Å². The van der Waals surface area contributed by atoms with Crippen LogP contribution in [0.4, 0.5) is 26.3 Å². The van der Waals surface area contributed by atoms with Gasteiger partial charge in [-0.05, 0) is 17.7 Å². The minimum absolute atomic E-state index is 0.0395. The molecule has 28 heavy (non-hydrogen) atoms. The van der Waals surface area contributed by atoms with E-state index in [1.807, 2.05) is 0 Å². The fourth-order valence-electron chi connectivity index (χ4n) is 2.48. The first-order valence-corrected chi connectivity index (χ1v) is 8.93. The number of hydrogen-bond acceptors (Lipinski definition) is 4. The summed E-state index contributed by atoms with van der Waals surface area (Å²) in [5, 5.41) is 17.2. The van der Waals surface area contributed by atoms with Crippen molar-refractivity contribution in [2.24, 2.45) is 0 Å². The van der Waals surface area contributed by atoms with Crippen LogP contribution in [0, 0.1) is 0 Å². The Hall–Kier alpha value is -1.98. The predicted molar refractivity (Wildman–Crippen MR) is 90.1 cm³/mol. The number of aliphatic hydroxyl groups excluding tert-OH is 1. The summed E-state index contributed by atoms with van der Waals surface area (Å²) < 4.78 is 79.1. The third kappa shape index (κ3) is 4.20. The van der Waals surface area contributed by atoms with Crippen molar-refractivity contribution in [3.05, 3.63) is 58.2 Å². The minimum Gasteiger partial charge on any atom is -0.388 e. The second kappa shape index (κ2) is 7.45. The summed E-state index contributed by atoms with van der Waals surface area (Å²) in [6.45, 7) is 0. The molecule has 0 unspecified atom stereocenters. The maximum atomic E-state index is 13.1. The number of rotatable bonds is 4. The molecule has 1 aromatic carbocycles. The highest BCUT2D eigenvalue weighted by Gasteiger charge is 2.35. The molecule has 150 valence electrons. The Morgan fingerprint density at radius 1 is 1.07 bits per heavy atom. The standard InChI is InChI=1S/C16H10ClF6N3OS/c17-11-5-8(15(18,19)20)6-26-13(11)24-25-14(26)28-7-12(27)9-3-1-2-4-10(9)16(21,22)23/h1-6,12,27H,7H2/t12-/m0/s1. The van der Waals surface area contributed by atoms with Crippen LogP contribution < -0.4 is 0 Å². The summed E-state index contributed by atoms with van der Waals surface area (Å²) >= 11 is 6.56. The number of aliphatic hydroxyl groups is 1. The molecule has 0 bridgehead atoms. The van der Waals surface area contributed by atoms with Crippen LogP contribution in [0.25, 0.3) is 5.65 Å². The molecule has 1 atom stereocenters. The van der Waals surface area contributed by atoms with E-state index in [1.54, 1.807) is 0 Å². The number of thioether (sulfide) groups is 1. The van der Waals surface area contributed by atoms with Gasteiger partial charge in [0, 0.05) is 11.9 Å². The summed E-state index contributed by atoms with van der Waals surface area (Å²) in [5.41, 5.74) is -2.40. The Morgan fingerprint density at radius 3 is 2.39 bits per heavy atom. The third-order valence-corrected chi connectivity index (χ3v) is 5.05. The average molecular weight is 442 g/mol. The Kier molecular flexibility index (Phi) is 5.52. The Labute approximate surface area is 163 Å². The number of nitrogens with zero attached hydrogens (tertiary/aromatic N) is 3. The van der Waals surface area contributed by atoms with Crippen LogP contribution in [0.15, 0.2) is 41.7 Å². The van der Waals surface area contributed by atoms with Gasteiger partial charge in [0.1, 0.15) is 0 Å². The number of aromatic nitrogens is 3. The second-order valence-electron chi connectivity index (χ2n) is 5.66. The first kappa shape index (κ1) is 20.7. The van der Waals surface area contributed by atoms with Crippen molar-refractivity contribution in [3.8, 4) is 0 Å². The molecule has 0 saturated heterocycles. The molecule has 0 spiro atoms. The zero-order chi connectivity index (χ0) is 20.7. The van der Waals surface area contributed by atoms with E-state index in [4.69, 9.17) is 11.6 Å². The summed E-state index contributed by atoms with van der Waals surface area (Å²) in [5.74, 6) is -0.290. The maximum Gasteiger partial charge on any atom is 0.417 e. The van der Waals surface area contributed by atoms with Crippen molar-refractivity contribution in [2.45, 2.75) is 23.6 Å². The van der Waals surface area contributed by atoms with Crippen LogP contribution in [0.2, 0.25) is 5.02 Å². The molecule has 0 aliphatic carbocycles. The summed E-state index contributed by atoms with van der Waals surface area (Å²) in [4.78, 5) is 0. The number of fused-ring (bicyclic) bond motifs is 1. The Balaban J connectivity index is 1.88. The van der Waals surface area contributed by atoms with Gasteiger partial charge in [0.25, 0.3) is 0 Å². The highest BCUT2D eigenvalue weighted by Crippen LogP contribution is 2.37. The predicted octanol–water partition coefficient (Wildman–Crippen LogP) is 5.25. The fourth-order valence-corrected chi connectivity index (χ4v) is 3.59. The molecule has 2 heterocycles. The summed E-state index contributed by atoms with van der Waals surface area (Å²) in [7, 11) is 0. The van der Waals surface area contributed by atoms with Gasteiger partial charge in [-0.25, -0.2) is 0 Å². The van der Waals surface area contributed by atoms with Gasteiger partial charge in [0.2, 0.25) is 0 Å². The van der Waals surface area contributed by atoms with Gasteiger partial charge in [-0.1, -0.05) is 41.6 Å². The average Bonchev–Trinajstić information content (AvgIpc) is 3.02. The van der Waals surface area contributed by atoms with Gasteiger partial charge < -0.3 is 5.11 Å². The summed E-state index contributed by atoms with van der Waals surface area (Å²) in [6, 6.07) is 5.22. The lowest BCUT2D eigenvalue weighted by Gasteiger charge is -2.17. The van der Waals surface area contributed by atoms with E-state index in [9.17, 15) is 31.4 Å². The third-order valence-electron chi connectivity index (χ3n) is 3.75. The highest BCUT2D eigenvalue weighted by molar-refractivity contribution is 7.99. The number of pyridine rings is 1. The molecule has 0 radical (unpaired) electrons. The first-order valence-electron chi connectivity index (χ1n) is 7.57. The second-order valence-corrected chi connectivity index (χ2v) is 7.06. The van der Waals surface area contributed by atoms with Crippen LogP contribution in [-0.2, 0) is 12.4 Å². The molecular weight excluding hydrogens is 432 g/mol. The van der Waals surface area contributed by atoms with Gasteiger partial charge in [-0.15, -0.1) is 10.2 Å². The molecule has 4 nitrogen and oxygen atoms in total. The normalized spacial score (nSPS) is 13.9. The van der Waals surface area contributed by atoms with E-state index < -0.39 is 29.6 Å². The van der Waals surface area contributed by atoms with Gasteiger partial charge in [-0.2, -0.15) is 26.3 Å². The molecular formula is C16H10ClF6N3OS. The molecule has 12 heteroatoms. The lowest BCUT2D eigenvalue weighted by Crippen LogP contribution is -2.13. The van der Waals surface area contributed by atoms with Crippen LogP contribution in [-0.4, -0.2) is 25.5 Å². The Bertz CT molecular complexity index is 1000. The van der Waals surface area contributed by atoms with Crippen molar-refractivity contribution >= 4 is 29.0 Å². The molecule has 3 rings (SSSR count). The van der Waals surface area contributed by atoms with Crippen molar-refractivity contribution in [1.29, 1.82) is 0 Å². The zero-order valence-corrected chi connectivity index (χ0v) is 15.2. The van der Waals surface area contributed by atoms with Gasteiger partial charge in [0.05, 0.1) is 22.3 Å². The number of benzene rings is 1. The number of halogens is 7. The van der Waals surface area contributed by atoms with E-state index in [2.05, 4.69) is 10.2 Å². The van der Waals surface area contributed by atoms with Crippen molar-refractivity contribution in [3.63, 3.8) is 0 Å². The van der Waals surface area contributed by atoms with Gasteiger partial charge in [0.15, 0.2) is 10.8 Å². The molecule has 0 aliphatic heterocycles. The van der Waals surface area contributed by atoms with E-state index >= 15 is 0 Å². The maximum absolute atomic E-state index is 13.1. The van der Waals surface area contributed by atoms with Crippen LogP contribution >= 0.6 is 23.4 Å². The largest absolute Gasteiger partial charge is 0.417 e. The SMILES string of the molecule is O[C@@H](CSc1nnc2c(Cl)cc(C(F)(F)F)cn12)c1ccccc1C(F)(F)F. The van der Waals surface area contributed by atoms with Crippen molar-refractivity contribution in [2.75, 3.05) is 5.75 Å². The smallest absolute Gasteiger partial charge is 0.388 e. The van der Waals surface area contributed by atoms with Crippen LogP contribution in [0.1, 0.15) is 22.8 Å². The molecule has 0 fully saturated rings. The van der Waals surface area contributed by atoms with E-state index in [0.29, 0.717) is 6.07 Å². The van der Waals surface area contributed by atoms with E-state index in [1.165, 1.54) is 12.1 Å². The number of hydrogen-bond donors (Lipinski definition) is 1. The molecule has 0 amide bonds. The van der Waals surface area contributed by atoms with Crippen molar-refractivity contribution < 1.29 is 31.4 Å². The fraction of sp³-hybridized carbons (Fsp3) is 0.250. The Morgan fingerprint density at radius 2 is 1.75 bits per heavy atom. The number of alkyl halides is 6. The van der Waals surface area contributed by atoms with Crippen LogP contribution in [0.3, 0.4) is 0 Å². The lowest BCUT2D eigenvalue weighted by atomic mass is 10.0. The van der Waals surface area contributed by atoms with E-state index in [-0.39, 0.29) is 27.1 Å². The molecule has 1 N–H and O–H groups in total. The molecule has 0 saturated carbocycles. The highest BCUT2D eigenvalue weighted by atomic mass is 35.5. The van der Waals surface area contributed by atoms with Gasteiger partial charge >= 0.3 is 12.4 Å². The molecule has 2 aromatic heterocycles. The quantitative estimate of drug-likeness (QED) is 0.444. The minimum atomic E-state index is -4.66. The van der Waals surface area contributed by atoms with Crippen molar-refractivity contribution in [1.82, 2.24) is 14.6 Å². The van der Waals surface area contributed by atoms with Crippen LogP contribution in [0.5, 0.6) is 0 Å². The molecule has 0 aliphatic rings. The first-order chi connectivity index (χ1) is 13.0. The monoisotopic (exact) mass is 441 g/mol. The molecule has 3 aromatic rings. The zero-order valence-electron chi connectivity index (χ0n) is 13.6. The summed E-state index contributed by atoms with van der Waals surface area (Å²) in [6.07, 6.45) is -10.1. The lowest BCUT2D eigenvalue weighted by molar-refractivity contribution is -0.139. The van der Waals surface area contributed by atoms with Gasteiger partial charge in [-0.3, -0.25) is 4.40 Å². The van der Waals surface area contributed by atoms with E-state index in [0.717, 1.165) is 34.5 Å².